The van der Waals surface area contributed by atoms with Crippen molar-refractivity contribution in [2.24, 2.45) is 0 Å². The Labute approximate surface area is 207 Å². The molecule has 11 heteroatoms. The van der Waals surface area contributed by atoms with Gasteiger partial charge in [0, 0.05) is 12.0 Å². The largest absolute Gasteiger partial charge is 0.465 e. The van der Waals surface area contributed by atoms with Crippen molar-refractivity contribution in [3.63, 3.8) is 0 Å². The van der Waals surface area contributed by atoms with E-state index >= 15 is 0 Å². The molecule has 2 aromatic rings. The summed E-state index contributed by atoms with van der Waals surface area (Å²) in [6, 6.07) is 6.12. The lowest BCUT2D eigenvalue weighted by Gasteiger charge is -2.45. The second-order valence-electron chi connectivity index (χ2n) is 8.72. The molecule has 1 spiro atoms. The zero-order valence-electron chi connectivity index (χ0n) is 18.1. The normalized spacial score (nSPS) is 18.1. The van der Waals surface area contributed by atoms with Crippen LogP contribution in [-0.4, -0.2) is 41.1 Å². The standard InChI is InChI=1S/C24H19Cl2F4NO4/c1-2-5-22(24(28,29)30,15-7-17(25)20(27)18(26)8-15)9-19(32)13-3-4-16-14(6-13)10-35-23(16)11-31(12-23)21(33)34/h2-4,6-8H,1,5,9-12H2,(H,33,34). The molecule has 5 nitrogen and oxygen atoms in total. The van der Waals surface area contributed by atoms with Crippen LogP contribution in [0.2, 0.25) is 10.0 Å². The predicted molar refractivity (Wildman–Crippen MR) is 120 cm³/mol. The van der Waals surface area contributed by atoms with E-state index in [1.807, 2.05) is 0 Å². The number of benzene rings is 2. The molecule has 1 N–H and O–H groups in total. The summed E-state index contributed by atoms with van der Waals surface area (Å²) in [6.07, 6.45) is -6.61. The first-order chi connectivity index (χ1) is 16.3. The van der Waals surface area contributed by atoms with Gasteiger partial charge in [0.1, 0.15) is 11.0 Å². The molecule has 2 aromatic carbocycles. The molecule has 2 heterocycles. The molecule has 2 aliphatic rings. The number of likely N-dealkylation sites (tertiary alicyclic amines) is 1. The van der Waals surface area contributed by atoms with E-state index in [0.29, 0.717) is 11.1 Å². The van der Waals surface area contributed by atoms with Gasteiger partial charge in [-0.15, -0.1) is 6.58 Å². The van der Waals surface area contributed by atoms with Gasteiger partial charge in [0.15, 0.2) is 11.6 Å². The average Bonchev–Trinajstić information content (AvgIpc) is 3.13. The lowest BCUT2D eigenvalue weighted by Crippen LogP contribution is -2.60. The molecule has 0 radical (unpaired) electrons. The van der Waals surface area contributed by atoms with Gasteiger partial charge in [-0.05, 0) is 41.3 Å². The van der Waals surface area contributed by atoms with E-state index in [4.69, 9.17) is 33.0 Å². The molecule has 186 valence electrons. The highest BCUT2D eigenvalue weighted by molar-refractivity contribution is 6.35. The van der Waals surface area contributed by atoms with Gasteiger partial charge in [0.2, 0.25) is 0 Å². The minimum Gasteiger partial charge on any atom is -0.465 e. The third kappa shape index (κ3) is 4.19. The fraction of sp³-hybridized carbons (Fsp3) is 0.333. The van der Waals surface area contributed by atoms with Crippen LogP contribution in [0, 0.1) is 5.82 Å². The maximum atomic E-state index is 14.5. The van der Waals surface area contributed by atoms with Gasteiger partial charge in [-0.3, -0.25) is 4.79 Å². The number of ether oxygens (including phenoxy) is 1. The molecule has 0 aliphatic carbocycles. The lowest BCUT2D eigenvalue weighted by molar-refractivity contribution is -0.189. The fourth-order valence-corrected chi connectivity index (χ4v) is 5.21. The number of ketones is 1. The van der Waals surface area contributed by atoms with Gasteiger partial charge in [0.25, 0.3) is 0 Å². The van der Waals surface area contributed by atoms with Gasteiger partial charge in [0.05, 0.1) is 29.7 Å². The van der Waals surface area contributed by atoms with E-state index in [9.17, 15) is 27.2 Å². The first-order valence-electron chi connectivity index (χ1n) is 10.4. The molecule has 1 amide bonds. The van der Waals surface area contributed by atoms with Crippen LogP contribution in [-0.2, 0) is 22.4 Å². The van der Waals surface area contributed by atoms with Crippen molar-refractivity contribution in [1.29, 1.82) is 0 Å². The van der Waals surface area contributed by atoms with Crippen LogP contribution in [0.4, 0.5) is 22.4 Å². The van der Waals surface area contributed by atoms with Crippen LogP contribution in [0.15, 0.2) is 43.0 Å². The first-order valence-corrected chi connectivity index (χ1v) is 11.2. The Morgan fingerprint density at radius 1 is 1.17 bits per heavy atom. The van der Waals surface area contributed by atoms with E-state index < -0.39 is 63.3 Å². The highest BCUT2D eigenvalue weighted by atomic mass is 35.5. The summed E-state index contributed by atoms with van der Waals surface area (Å²) < 4.78 is 63.2. The summed E-state index contributed by atoms with van der Waals surface area (Å²) >= 11 is 11.6. The molecule has 1 fully saturated rings. The second kappa shape index (κ2) is 8.80. The van der Waals surface area contributed by atoms with Crippen LogP contribution in [0.3, 0.4) is 0 Å². The number of carboxylic acid groups (broad SMARTS) is 1. The molecular weight excluding hydrogens is 513 g/mol. The third-order valence-corrected chi connectivity index (χ3v) is 7.17. The number of nitrogens with zero attached hydrogens (tertiary/aromatic N) is 1. The first kappa shape index (κ1) is 25.5. The SMILES string of the molecule is C=CCC(CC(=O)c1ccc2c(c1)COC21CN(C(=O)O)C1)(c1cc(Cl)c(F)c(Cl)c1)C(F)(F)F. The number of fused-ring (bicyclic) bond motifs is 2. The number of allylic oxidation sites excluding steroid dienone is 1. The van der Waals surface area contributed by atoms with E-state index in [1.54, 1.807) is 6.07 Å². The maximum Gasteiger partial charge on any atom is 0.407 e. The molecule has 1 saturated heterocycles. The highest BCUT2D eigenvalue weighted by Crippen LogP contribution is 2.49. The molecule has 0 aromatic heterocycles. The summed E-state index contributed by atoms with van der Waals surface area (Å²) in [5.74, 6) is -1.85. The lowest BCUT2D eigenvalue weighted by atomic mass is 9.72. The van der Waals surface area contributed by atoms with E-state index in [1.165, 1.54) is 17.0 Å². The Bertz CT molecular complexity index is 1200. The quantitative estimate of drug-likeness (QED) is 0.200. The number of hydrogen-bond acceptors (Lipinski definition) is 3. The van der Waals surface area contributed by atoms with Gasteiger partial charge >= 0.3 is 12.3 Å². The smallest absolute Gasteiger partial charge is 0.407 e. The van der Waals surface area contributed by atoms with Gasteiger partial charge in [-0.2, -0.15) is 13.2 Å². The monoisotopic (exact) mass is 531 g/mol. The molecule has 0 saturated carbocycles. The number of carbonyl (C=O) groups excluding carboxylic acids is 1. The summed E-state index contributed by atoms with van der Waals surface area (Å²) in [5, 5.41) is 7.91. The number of hydrogen-bond donors (Lipinski definition) is 1. The minimum atomic E-state index is -4.92. The zero-order valence-corrected chi connectivity index (χ0v) is 19.6. The highest BCUT2D eigenvalue weighted by Gasteiger charge is 2.56. The van der Waals surface area contributed by atoms with Crippen molar-refractivity contribution in [3.05, 3.63) is 81.1 Å². The van der Waals surface area contributed by atoms with Crippen molar-refractivity contribution < 1.29 is 37.0 Å². The number of halogens is 6. The second-order valence-corrected chi connectivity index (χ2v) is 9.53. The van der Waals surface area contributed by atoms with Gasteiger partial charge in [-0.1, -0.05) is 41.4 Å². The van der Waals surface area contributed by atoms with Crippen molar-refractivity contribution in [2.75, 3.05) is 13.1 Å². The maximum absolute atomic E-state index is 14.5. The van der Waals surface area contributed by atoms with Crippen LogP contribution < -0.4 is 0 Å². The number of alkyl halides is 3. The van der Waals surface area contributed by atoms with E-state index in [-0.39, 0.29) is 25.3 Å². The van der Waals surface area contributed by atoms with Gasteiger partial charge in [-0.25, -0.2) is 9.18 Å². The number of amides is 1. The average molecular weight is 532 g/mol. The fourth-order valence-electron chi connectivity index (χ4n) is 4.72. The van der Waals surface area contributed by atoms with Crippen molar-refractivity contribution in [2.45, 2.75) is 36.6 Å². The van der Waals surface area contributed by atoms with Crippen molar-refractivity contribution in [1.82, 2.24) is 4.90 Å². The molecule has 1 unspecified atom stereocenters. The zero-order chi connectivity index (χ0) is 25.8. The van der Waals surface area contributed by atoms with E-state index in [2.05, 4.69) is 6.58 Å². The molecule has 2 aliphatic heterocycles. The van der Waals surface area contributed by atoms with Crippen LogP contribution in [0.1, 0.15) is 39.9 Å². The molecule has 0 bridgehead atoms. The summed E-state index contributed by atoms with van der Waals surface area (Å²) in [6.45, 7) is 3.77. The summed E-state index contributed by atoms with van der Waals surface area (Å²) in [7, 11) is 0. The molecule has 35 heavy (non-hydrogen) atoms. The Morgan fingerprint density at radius 3 is 2.34 bits per heavy atom. The number of rotatable bonds is 6. The summed E-state index contributed by atoms with van der Waals surface area (Å²) in [4.78, 5) is 25.5. The Balaban J connectivity index is 1.68. The predicted octanol–water partition coefficient (Wildman–Crippen LogP) is 6.50. The van der Waals surface area contributed by atoms with Crippen molar-refractivity contribution >= 4 is 35.1 Å². The van der Waals surface area contributed by atoms with Gasteiger partial charge < -0.3 is 14.7 Å². The Kier molecular flexibility index (Phi) is 6.40. The Hall–Kier alpha value is -2.62. The number of carbonyl (C=O) groups is 2. The Morgan fingerprint density at radius 2 is 1.80 bits per heavy atom. The molecule has 4 rings (SSSR count). The van der Waals surface area contributed by atoms with E-state index in [0.717, 1.165) is 18.2 Å². The van der Waals surface area contributed by atoms with Crippen LogP contribution in [0.5, 0.6) is 0 Å². The van der Waals surface area contributed by atoms with Crippen LogP contribution in [0.25, 0.3) is 0 Å². The summed E-state index contributed by atoms with van der Waals surface area (Å²) in [5.41, 5.74) is -2.64. The number of Topliss-reactive ketones (excluding diaryl/α,β-unsaturated/α-hetero) is 1. The minimum absolute atomic E-state index is 0.0378. The molecular formula is C24H19Cl2F4NO4. The molecule has 1 atom stereocenters. The third-order valence-electron chi connectivity index (χ3n) is 6.62. The van der Waals surface area contributed by atoms with Crippen molar-refractivity contribution in [3.8, 4) is 0 Å². The topological polar surface area (TPSA) is 66.8 Å². The van der Waals surface area contributed by atoms with Crippen LogP contribution >= 0.6 is 23.2 Å².